The van der Waals surface area contributed by atoms with Crippen LogP contribution in [0.2, 0.25) is 0 Å². The summed E-state index contributed by atoms with van der Waals surface area (Å²) < 4.78 is 5.76. The van der Waals surface area contributed by atoms with Gasteiger partial charge in [-0.2, -0.15) is 0 Å². The van der Waals surface area contributed by atoms with Crippen molar-refractivity contribution in [1.29, 1.82) is 0 Å². The standard InChI is InChI=1S/C26H28N2O3S/c1-3-17(2)18-6-8-19(9-7-18)26(23-5-4-14-32-23)28-25(30)16-31-21-11-12-22-20(15-21)10-13-24(29)27-22/h4-9,11-12,14-15,17,26H,3,10,13,16H2,1-2H3,(H,27,29)(H,28,30)/t17-,26-/m1/s1. The third kappa shape index (κ3) is 5.19. The van der Waals surface area contributed by atoms with Crippen LogP contribution in [0.25, 0.3) is 0 Å². The van der Waals surface area contributed by atoms with Crippen LogP contribution in [0.3, 0.4) is 0 Å². The molecule has 0 fully saturated rings. The van der Waals surface area contributed by atoms with Crippen molar-refractivity contribution in [2.75, 3.05) is 11.9 Å². The molecule has 0 spiro atoms. The SMILES string of the molecule is CC[C@@H](C)c1ccc([C@@H](NC(=O)COc2ccc3c(c2)CCC(=O)N3)c2cccs2)cc1. The van der Waals surface area contributed by atoms with Crippen LogP contribution in [0, 0.1) is 0 Å². The van der Waals surface area contributed by atoms with Gasteiger partial charge in [-0.3, -0.25) is 9.59 Å². The first kappa shape index (κ1) is 22.1. The summed E-state index contributed by atoms with van der Waals surface area (Å²) in [5.41, 5.74) is 4.20. The molecule has 2 heterocycles. The Labute approximate surface area is 192 Å². The molecule has 2 amide bonds. The fourth-order valence-electron chi connectivity index (χ4n) is 3.83. The number of thiophene rings is 1. The number of carbonyl (C=O) groups excluding carboxylic acids is 2. The van der Waals surface area contributed by atoms with E-state index in [4.69, 9.17) is 4.74 Å². The number of aryl methyl sites for hydroxylation is 1. The zero-order valence-corrected chi connectivity index (χ0v) is 19.2. The van der Waals surface area contributed by atoms with E-state index in [0.29, 0.717) is 24.5 Å². The van der Waals surface area contributed by atoms with Crippen molar-refractivity contribution in [1.82, 2.24) is 5.32 Å². The molecule has 32 heavy (non-hydrogen) atoms. The highest BCUT2D eigenvalue weighted by Gasteiger charge is 2.19. The van der Waals surface area contributed by atoms with E-state index in [9.17, 15) is 9.59 Å². The molecule has 0 saturated carbocycles. The minimum Gasteiger partial charge on any atom is -0.484 e. The molecule has 5 nitrogen and oxygen atoms in total. The van der Waals surface area contributed by atoms with E-state index in [1.807, 2.05) is 29.6 Å². The molecule has 0 saturated heterocycles. The van der Waals surface area contributed by atoms with Gasteiger partial charge in [0.05, 0.1) is 6.04 Å². The lowest BCUT2D eigenvalue weighted by atomic mass is 9.95. The van der Waals surface area contributed by atoms with Crippen molar-refractivity contribution in [3.63, 3.8) is 0 Å². The van der Waals surface area contributed by atoms with Crippen LogP contribution in [0.5, 0.6) is 5.75 Å². The van der Waals surface area contributed by atoms with Crippen molar-refractivity contribution >= 4 is 28.8 Å². The van der Waals surface area contributed by atoms with Gasteiger partial charge in [0, 0.05) is 17.0 Å². The topological polar surface area (TPSA) is 67.4 Å². The number of hydrogen-bond donors (Lipinski definition) is 2. The molecule has 6 heteroatoms. The number of rotatable bonds is 8. The first-order chi connectivity index (χ1) is 15.5. The Morgan fingerprint density at radius 3 is 2.62 bits per heavy atom. The highest BCUT2D eigenvalue weighted by atomic mass is 32.1. The number of hydrogen-bond acceptors (Lipinski definition) is 4. The molecule has 2 aromatic carbocycles. The van der Waals surface area contributed by atoms with Crippen molar-refractivity contribution in [3.05, 3.63) is 81.5 Å². The monoisotopic (exact) mass is 448 g/mol. The van der Waals surface area contributed by atoms with Gasteiger partial charge in [-0.05, 0) is 65.1 Å². The maximum Gasteiger partial charge on any atom is 0.258 e. The predicted octanol–water partition coefficient (Wildman–Crippen LogP) is 5.43. The molecule has 0 bridgehead atoms. The molecule has 2 N–H and O–H groups in total. The highest BCUT2D eigenvalue weighted by molar-refractivity contribution is 7.10. The Morgan fingerprint density at radius 2 is 1.91 bits per heavy atom. The summed E-state index contributed by atoms with van der Waals surface area (Å²) in [4.78, 5) is 25.4. The number of nitrogens with one attached hydrogen (secondary N) is 2. The van der Waals surface area contributed by atoms with Crippen molar-refractivity contribution < 1.29 is 14.3 Å². The van der Waals surface area contributed by atoms with Crippen LogP contribution < -0.4 is 15.4 Å². The number of anilines is 1. The van der Waals surface area contributed by atoms with Crippen LogP contribution in [0.15, 0.2) is 60.0 Å². The summed E-state index contributed by atoms with van der Waals surface area (Å²) in [5, 5.41) is 8.00. The molecular formula is C26H28N2O3S. The Bertz CT molecular complexity index is 1080. The normalized spacial score (nSPS) is 14.8. The van der Waals surface area contributed by atoms with E-state index in [2.05, 4.69) is 48.7 Å². The second kappa shape index (κ2) is 10.0. The van der Waals surface area contributed by atoms with E-state index >= 15 is 0 Å². The molecule has 2 atom stereocenters. The molecule has 3 aromatic rings. The Hall–Kier alpha value is -3.12. The van der Waals surface area contributed by atoms with Gasteiger partial charge in [-0.25, -0.2) is 0 Å². The van der Waals surface area contributed by atoms with Crippen LogP contribution >= 0.6 is 11.3 Å². The molecule has 0 unspecified atom stereocenters. The third-order valence-electron chi connectivity index (χ3n) is 5.93. The summed E-state index contributed by atoms with van der Waals surface area (Å²) in [5.74, 6) is 0.987. The second-order valence-electron chi connectivity index (χ2n) is 8.15. The first-order valence-electron chi connectivity index (χ1n) is 11.0. The maximum absolute atomic E-state index is 12.8. The Balaban J connectivity index is 1.43. The quantitative estimate of drug-likeness (QED) is 0.483. The number of amides is 2. The number of ether oxygens (including phenoxy) is 1. The van der Waals surface area contributed by atoms with Crippen LogP contribution in [-0.2, 0) is 16.0 Å². The van der Waals surface area contributed by atoms with Crippen molar-refractivity contribution in [3.8, 4) is 5.75 Å². The first-order valence-corrected chi connectivity index (χ1v) is 11.9. The summed E-state index contributed by atoms with van der Waals surface area (Å²) in [6, 6.07) is 17.8. The van der Waals surface area contributed by atoms with Crippen LogP contribution in [0.4, 0.5) is 5.69 Å². The molecule has 0 aliphatic carbocycles. The van der Waals surface area contributed by atoms with Gasteiger partial charge < -0.3 is 15.4 Å². The van der Waals surface area contributed by atoms with Gasteiger partial charge in [0.15, 0.2) is 6.61 Å². The molecule has 0 radical (unpaired) electrons. The van der Waals surface area contributed by atoms with E-state index in [1.165, 1.54) is 5.56 Å². The largest absolute Gasteiger partial charge is 0.484 e. The van der Waals surface area contributed by atoms with Gasteiger partial charge in [-0.1, -0.05) is 44.2 Å². The highest BCUT2D eigenvalue weighted by Crippen LogP contribution is 2.29. The number of fused-ring (bicyclic) bond motifs is 1. The molecule has 1 aliphatic heterocycles. The molecule has 166 valence electrons. The number of benzene rings is 2. The van der Waals surface area contributed by atoms with E-state index in [0.717, 1.165) is 28.1 Å². The summed E-state index contributed by atoms with van der Waals surface area (Å²) in [7, 11) is 0. The van der Waals surface area contributed by atoms with Crippen molar-refractivity contribution in [2.24, 2.45) is 0 Å². The van der Waals surface area contributed by atoms with Crippen molar-refractivity contribution in [2.45, 2.75) is 45.1 Å². The summed E-state index contributed by atoms with van der Waals surface area (Å²) >= 11 is 1.62. The minimum atomic E-state index is -0.212. The van der Waals surface area contributed by atoms with Gasteiger partial charge in [0.1, 0.15) is 5.75 Å². The van der Waals surface area contributed by atoms with E-state index < -0.39 is 0 Å². The molecule has 4 rings (SSSR count). The van der Waals surface area contributed by atoms with Gasteiger partial charge in [0.2, 0.25) is 5.91 Å². The average Bonchev–Trinajstić information content (AvgIpc) is 3.35. The molecule has 1 aliphatic rings. The Morgan fingerprint density at radius 1 is 1.12 bits per heavy atom. The molecular weight excluding hydrogens is 420 g/mol. The third-order valence-corrected chi connectivity index (χ3v) is 6.86. The lowest BCUT2D eigenvalue weighted by Crippen LogP contribution is -2.33. The second-order valence-corrected chi connectivity index (χ2v) is 9.13. The smallest absolute Gasteiger partial charge is 0.258 e. The zero-order valence-electron chi connectivity index (χ0n) is 18.4. The van der Waals surface area contributed by atoms with Gasteiger partial charge in [-0.15, -0.1) is 11.3 Å². The number of carbonyl (C=O) groups is 2. The van der Waals surface area contributed by atoms with Crippen LogP contribution in [-0.4, -0.2) is 18.4 Å². The van der Waals surface area contributed by atoms with Gasteiger partial charge in [0.25, 0.3) is 5.91 Å². The van der Waals surface area contributed by atoms with E-state index in [1.54, 1.807) is 17.4 Å². The average molecular weight is 449 g/mol. The van der Waals surface area contributed by atoms with Crippen LogP contribution in [0.1, 0.15) is 60.2 Å². The minimum absolute atomic E-state index is 0.0300. The maximum atomic E-state index is 12.8. The van der Waals surface area contributed by atoms with Gasteiger partial charge >= 0.3 is 0 Å². The lowest BCUT2D eigenvalue weighted by molar-refractivity contribution is -0.123. The lowest BCUT2D eigenvalue weighted by Gasteiger charge is -2.20. The molecule has 1 aromatic heterocycles. The Kier molecular flexibility index (Phi) is 6.90. The summed E-state index contributed by atoms with van der Waals surface area (Å²) in [6.07, 6.45) is 2.24. The fourth-order valence-corrected chi connectivity index (χ4v) is 4.63. The summed E-state index contributed by atoms with van der Waals surface area (Å²) in [6.45, 7) is 4.34. The zero-order chi connectivity index (χ0) is 22.5. The predicted molar refractivity (Wildman–Crippen MR) is 128 cm³/mol. The van der Waals surface area contributed by atoms with E-state index in [-0.39, 0.29) is 24.5 Å². The fraction of sp³-hybridized carbons (Fsp3) is 0.308.